The summed E-state index contributed by atoms with van der Waals surface area (Å²) >= 11 is 1.17. The number of H-pyrrole nitrogens is 1. The Balaban J connectivity index is 1.19. The summed E-state index contributed by atoms with van der Waals surface area (Å²) in [5.74, 6) is 0.487. The Morgan fingerprint density at radius 1 is 1.18 bits per heavy atom. The zero-order chi connectivity index (χ0) is 26.9. The number of hydrogen-bond acceptors (Lipinski definition) is 7. The maximum atomic E-state index is 13.6. The molecule has 0 spiro atoms. The van der Waals surface area contributed by atoms with Crippen molar-refractivity contribution in [3.63, 3.8) is 0 Å². The number of hydrogen-bond donors (Lipinski definition) is 3. The molecule has 6 rings (SSSR count). The third-order valence-corrected chi connectivity index (χ3v) is 11.3. The normalized spacial score (nSPS) is 38.2. The van der Waals surface area contributed by atoms with Crippen LogP contribution < -0.4 is 0 Å². The highest BCUT2D eigenvalue weighted by atomic mass is 32.2. The number of rotatable bonds is 5. The number of carbonyl (C=O) groups is 2. The van der Waals surface area contributed by atoms with Crippen molar-refractivity contribution in [3.8, 4) is 11.4 Å². The first kappa shape index (κ1) is 25.9. The third-order valence-electron chi connectivity index (χ3n) is 10.4. The van der Waals surface area contributed by atoms with Crippen LogP contribution in [-0.2, 0) is 9.59 Å². The molecule has 1 aromatic carbocycles. The van der Waals surface area contributed by atoms with Gasteiger partial charge in [-0.15, -0.1) is 5.10 Å². The summed E-state index contributed by atoms with van der Waals surface area (Å²) < 4.78 is 13.2. The monoisotopic (exact) mass is 539 g/mol. The van der Waals surface area contributed by atoms with Crippen LogP contribution in [-0.4, -0.2) is 54.4 Å². The zero-order valence-electron chi connectivity index (χ0n) is 21.7. The quantitative estimate of drug-likeness (QED) is 0.479. The van der Waals surface area contributed by atoms with Crippen LogP contribution in [0.1, 0.15) is 58.8 Å². The van der Waals surface area contributed by atoms with Crippen molar-refractivity contribution in [2.45, 2.75) is 75.7 Å². The molecule has 3 fully saturated rings. The summed E-state index contributed by atoms with van der Waals surface area (Å²) in [6.07, 6.45) is 5.67. The molecule has 1 aromatic heterocycles. The number of Topliss-reactive ketones (excluding diaryl/α,β-unsaturated/α-hetero) is 1. The number of thioether (sulfide) groups is 1. The van der Waals surface area contributed by atoms with Crippen molar-refractivity contribution in [1.82, 2.24) is 15.2 Å². The fourth-order valence-electron chi connectivity index (χ4n) is 8.45. The largest absolute Gasteiger partial charge is 0.393 e. The molecular formula is C29H34FN3O4S. The number of aromatic amines is 1. The van der Waals surface area contributed by atoms with E-state index in [1.54, 1.807) is 12.1 Å². The summed E-state index contributed by atoms with van der Waals surface area (Å²) in [7, 11) is 0. The molecular weight excluding hydrogens is 505 g/mol. The van der Waals surface area contributed by atoms with Crippen molar-refractivity contribution in [2.75, 3.05) is 5.75 Å². The molecule has 4 aliphatic rings. The number of aliphatic hydroxyl groups excluding tert-OH is 1. The van der Waals surface area contributed by atoms with Gasteiger partial charge in [0.05, 0.1) is 11.9 Å². The number of allylic oxidation sites excluding steroid dienone is 1. The van der Waals surface area contributed by atoms with E-state index in [1.807, 2.05) is 13.0 Å². The molecule has 0 saturated heterocycles. The molecule has 202 valence electrons. The smallest absolute Gasteiger partial charge is 0.209 e. The Kier molecular flexibility index (Phi) is 6.20. The lowest BCUT2D eigenvalue weighted by Crippen LogP contribution is -2.61. The fourth-order valence-corrected chi connectivity index (χ4v) is 9.21. The molecule has 3 N–H and O–H groups in total. The van der Waals surface area contributed by atoms with Crippen LogP contribution in [0.15, 0.2) is 41.1 Å². The van der Waals surface area contributed by atoms with Crippen molar-refractivity contribution < 1.29 is 24.2 Å². The van der Waals surface area contributed by atoms with Crippen LogP contribution in [0.3, 0.4) is 0 Å². The Bertz CT molecular complexity index is 1310. The van der Waals surface area contributed by atoms with Gasteiger partial charge in [0.2, 0.25) is 5.16 Å². The maximum Gasteiger partial charge on any atom is 0.209 e. The molecule has 0 aliphatic heterocycles. The number of aromatic nitrogens is 3. The van der Waals surface area contributed by atoms with Crippen molar-refractivity contribution >= 4 is 23.3 Å². The average molecular weight is 540 g/mol. The molecule has 0 radical (unpaired) electrons. The van der Waals surface area contributed by atoms with E-state index in [2.05, 4.69) is 22.1 Å². The number of halogens is 1. The Morgan fingerprint density at radius 3 is 2.71 bits per heavy atom. The van der Waals surface area contributed by atoms with Gasteiger partial charge < -0.3 is 10.2 Å². The zero-order valence-corrected chi connectivity index (χ0v) is 22.6. The second-order valence-corrected chi connectivity index (χ2v) is 13.1. The van der Waals surface area contributed by atoms with E-state index >= 15 is 0 Å². The predicted molar refractivity (Wildman–Crippen MR) is 141 cm³/mol. The van der Waals surface area contributed by atoms with Crippen LogP contribution >= 0.6 is 11.8 Å². The molecule has 2 aromatic rings. The van der Waals surface area contributed by atoms with Crippen LogP contribution in [0.2, 0.25) is 0 Å². The first-order valence-corrected chi connectivity index (χ1v) is 14.5. The number of benzene rings is 1. The van der Waals surface area contributed by atoms with E-state index in [9.17, 15) is 24.2 Å². The van der Waals surface area contributed by atoms with Gasteiger partial charge in [0, 0.05) is 17.4 Å². The Morgan fingerprint density at radius 2 is 1.95 bits per heavy atom. The number of nitrogens with zero attached hydrogens (tertiary/aromatic N) is 2. The van der Waals surface area contributed by atoms with Gasteiger partial charge in [-0.3, -0.25) is 14.7 Å². The molecule has 38 heavy (non-hydrogen) atoms. The fraction of sp³-hybridized carbons (Fsp3) is 0.586. The first-order valence-electron chi connectivity index (χ1n) is 13.5. The number of carbonyl (C=O) groups excluding carboxylic acids is 2. The SMILES string of the molecule is CC12CCC(=O)C=C1CCC1C2C(O)CC2(C)C1CC[C@]2(O)C(=O)CSc1n[nH]c(-c2ccc(F)cc2)n1. The second-order valence-electron chi connectivity index (χ2n) is 12.2. The number of ketones is 2. The maximum absolute atomic E-state index is 13.6. The molecule has 3 saturated carbocycles. The topological polar surface area (TPSA) is 116 Å². The summed E-state index contributed by atoms with van der Waals surface area (Å²) in [6.45, 7) is 4.19. The average Bonchev–Trinajstić information content (AvgIpc) is 3.46. The summed E-state index contributed by atoms with van der Waals surface area (Å²) in [4.78, 5) is 30.1. The minimum Gasteiger partial charge on any atom is -0.393 e. The van der Waals surface area contributed by atoms with E-state index in [-0.39, 0.29) is 46.3 Å². The van der Waals surface area contributed by atoms with Crippen LogP contribution in [0.4, 0.5) is 4.39 Å². The highest BCUT2D eigenvalue weighted by molar-refractivity contribution is 7.99. The van der Waals surface area contributed by atoms with Gasteiger partial charge in [0.1, 0.15) is 11.4 Å². The van der Waals surface area contributed by atoms with E-state index < -0.39 is 17.1 Å². The highest BCUT2D eigenvalue weighted by Crippen LogP contribution is 2.67. The molecule has 1 heterocycles. The van der Waals surface area contributed by atoms with Gasteiger partial charge in [-0.05, 0) is 92.0 Å². The molecule has 0 bridgehead atoms. The number of nitrogens with one attached hydrogen (secondary N) is 1. The van der Waals surface area contributed by atoms with E-state index in [0.29, 0.717) is 35.8 Å². The van der Waals surface area contributed by atoms with Gasteiger partial charge in [-0.1, -0.05) is 31.2 Å². The highest BCUT2D eigenvalue weighted by Gasteiger charge is 2.68. The summed E-state index contributed by atoms with van der Waals surface area (Å²) in [5.41, 5.74) is -0.580. The predicted octanol–water partition coefficient (Wildman–Crippen LogP) is 4.51. The lowest BCUT2D eigenvalue weighted by atomic mass is 9.45. The van der Waals surface area contributed by atoms with Crippen molar-refractivity contribution in [1.29, 1.82) is 0 Å². The molecule has 4 aliphatic carbocycles. The van der Waals surface area contributed by atoms with Gasteiger partial charge >= 0.3 is 0 Å². The van der Waals surface area contributed by atoms with Crippen molar-refractivity contribution in [2.24, 2.45) is 28.6 Å². The Hall–Kier alpha value is -2.36. The van der Waals surface area contributed by atoms with Gasteiger partial charge in [-0.25, -0.2) is 9.37 Å². The standard InChI is InChI=1S/C29H34FN3O4S/c1-27-11-9-19(34)13-17(27)5-8-20-21-10-12-29(37,28(21,2)14-22(35)24(20)27)23(36)15-38-26-31-25(32-33-26)16-3-6-18(30)7-4-16/h3-4,6-7,13,20-22,24,35,37H,5,8-12,14-15H2,1-2H3,(H,31,32,33)/t20?,21?,22?,24?,27?,28?,29-/m0/s1. The van der Waals surface area contributed by atoms with Crippen LogP contribution in [0.25, 0.3) is 11.4 Å². The van der Waals surface area contributed by atoms with Gasteiger partial charge in [0.25, 0.3) is 0 Å². The number of fused-ring (bicyclic) bond motifs is 5. The van der Waals surface area contributed by atoms with Gasteiger partial charge in [0.15, 0.2) is 17.4 Å². The molecule has 7 nitrogen and oxygen atoms in total. The molecule has 9 heteroatoms. The van der Waals surface area contributed by atoms with E-state index in [4.69, 9.17) is 0 Å². The van der Waals surface area contributed by atoms with E-state index in [1.165, 1.54) is 29.5 Å². The minimum atomic E-state index is -1.52. The Labute approximate surface area is 225 Å². The van der Waals surface area contributed by atoms with Crippen LogP contribution in [0, 0.1) is 34.4 Å². The third kappa shape index (κ3) is 3.84. The minimum absolute atomic E-state index is 0.0242. The lowest BCUT2D eigenvalue weighted by Gasteiger charge is -2.60. The lowest BCUT2D eigenvalue weighted by molar-refractivity contribution is -0.178. The molecule has 0 amide bonds. The van der Waals surface area contributed by atoms with E-state index in [0.717, 1.165) is 25.7 Å². The molecule has 7 atom stereocenters. The van der Waals surface area contributed by atoms with Crippen molar-refractivity contribution in [3.05, 3.63) is 41.7 Å². The second kappa shape index (κ2) is 9.10. The van der Waals surface area contributed by atoms with Crippen LogP contribution in [0.5, 0.6) is 0 Å². The summed E-state index contributed by atoms with van der Waals surface area (Å²) in [6, 6.07) is 5.91. The molecule has 6 unspecified atom stereocenters. The first-order chi connectivity index (χ1) is 18.0. The van der Waals surface area contributed by atoms with Gasteiger partial charge in [-0.2, -0.15) is 0 Å². The summed E-state index contributed by atoms with van der Waals surface area (Å²) in [5, 5.41) is 30.9. The number of aliphatic hydroxyl groups is 2.